The van der Waals surface area contributed by atoms with Crippen LogP contribution >= 0.6 is 11.9 Å². The lowest BCUT2D eigenvalue weighted by atomic mass is 9.90. The van der Waals surface area contributed by atoms with Gasteiger partial charge in [0.1, 0.15) is 6.10 Å². The molecule has 5 nitrogen and oxygen atoms in total. The third-order valence-corrected chi connectivity index (χ3v) is 6.44. The zero-order valence-corrected chi connectivity index (χ0v) is 16.2. The number of aliphatic hydroxyl groups excluding tert-OH is 2. The number of hydrogen-bond acceptors (Lipinski definition) is 6. The summed E-state index contributed by atoms with van der Waals surface area (Å²) in [5.41, 5.74) is 0.683. The molecule has 2 aliphatic rings. The Labute approximate surface area is 163 Å². The molecule has 0 spiro atoms. The van der Waals surface area contributed by atoms with Gasteiger partial charge < -0.3 is 20.3 Å². The van der Waals surface area contributed by atoms with E-state index in [4.69, 9.17) is 9.84 Å². The van der Waals surface area contributed by atoms with Crippen LogP contribution in [0.5, 0.6) is 5.75 Å². The number of nitrogens with zero attached hydrogens (tertiary/aromatic N) is 1. The van der Waals surface area contributed by atoms with Crippen LogP contribution in [0.4, 0.5) is 8.78 Å². The summed E-state index contributed by atoms with van der Waals surface area (Å²) in [7, 11) is 0. The maximum absolute atomic E-state index is 14.5. The topological polar surface area (TPSA) is 65.0 Å². The molecule has 2 saturated heterocycles. The van der Waals surface area contributed by atoms with Gasteiger partial charge in [-0.2, -0.15) is 0 Å². The van der Waals surface area contributed by atoms with Gasteiger partial charge in [0.15, 0.2) is 17.4 Å². The lowest BCUT2D eigenvalue weighted by Crippen LogP contribution is -2.34. The summed E-state index contributed by atoms with van der Waals surface area (Å²) in [6, 6.07) is 2.84. The van der Waals surface area contributed by atoms with E-state index in [1.807, 2.05) is 0 Å². The normalized spacial score (nSPS) is 21.3. The van der Waals surface area contributed by atoms with Crippen LogP contribution in [0, 0.1) is 11.6 Å². The van der Waals surface area contributed by atoms with E-state index in [1.165, 1.54) is 24.1 Å². The van der Waals surface area contributed by atoms with Crippen molar-refractivity contribution < 1.29 is 23.7 Å². The molecule has 1 unspecified atom stereocenters. The predicted molar refractivity (Wildman–Crippen MR) is 102 cm³/mol. The molecule has 0 aromatic heterocycles. The molecule has 3 rings (SSSR count). The second-order valence-electron chi connectivity index (χ2n) is 7.22. The van der Waals surface area contributed by atoms with E-state index in [1.54, 1.807) is 0 Å². The number of hydrogen-bond donors (Lipinski definition) is 3. The summed E-state index contributed by atoms with van der Waals surface area (Å²) in [5.74, 6) is -0.927. The lowest BCUT2D eigenvalue weighted by Gasteiger charge is -2.32. The van der Waals surface area contributed by atoms with E-state index in [-0.39, 0.29) is 24.4 Å². The Morgan fingerprint density at radius 2 is 1.78 bits per heavy atom. The fourth-order valence-corrected chi connectivity index (χ4v) is 4.53. The average molecular weight is 403 g/mol. The minimum atomic E-state index is -0.719. The fraction of sp³-hybridized carbons (Fsp3) is 0.684. The highest BCUT2D eigenvalue weighted by Crippen LogP contribution is 2.34. The number of aliphatic hydroxyl groups is 2. The van der Waals surface area contributed by atoms with Crippen LogP contribution in [0.25, 0.3) is 0 Å². The van der Waals surface area contributed by atoms with Gasteiger partial charge in [0.05, 0.1) is 12.7 Å². The second-order valence-corrected chi connectivity index (χ2v) is 8.32. The van der Waals surface area contributed by atoms with Crippen molar-refractivity contribution in [3.63, 3.8) is 0 Å². The molecule has 0 aliphatic carbocycles. The molecule has 2 aliphatic heterocycles. The molecule has 3 N–H and O–H groups in total. The molecule has 8 heteroatoms. The van der Waals surface area contributed by atoms with Crippen molar-refractivity contribution in [2.45, 2.75) is 43.8 Å². The van der Waals surface area contributed by atoms with Gasteiger partial charge in [-0.15, -0.1) is 0 Å². The third kappa shape index (κ3) is 5.77. The Bertz CT molecular complexity index is 586. The molecule has 0 saturated carbocycles. The molecule has 0 radical (unpaired) electrons. The Balaban J connectivity index is 1.56. The largest absolute Gasteiger partial charge is 0.484 e. The molecular formula is C19H28F2N2O3S. The van der Waals surface area contributed by atoms with Crippen molar-refractivity contribution in [2.24, 2.45) is 0 Å². The standard InChI is InChI=1S/C19H28F2N2O3S/c20-17-9-14(10-18(21)19(17)26-16-1-5-22-6-2-16)13-3-7-23(8-4-13)27-12-15(25)11-24/h9-10,13,15-16,22,24-25H,1-8,11-12H2. The monoisotopic (exact) mass is 402 g/mol. The highest BCUT2D eigenvalue weighted by atomic mass is 32.2. The molecule has 2 heterocycles. The molecule has 27 heavy (non-hydrogen) atoms. The summed E-state index contributed by atoms with van der Waals surface area (Å²) < 4.78 is 36.7. The minimum Gasteiger partial charge on any atom is -0.484 e. The Morgan fingerprint density at radius 1 is 1.15 bits per heavy atom. The average Bonchev–Trinajstić information content (AvgIpc) is 2.70. The number of rotatable bonds is 7. The molecular weight excluding hydrogens is 374 g/mol. The highest BCUT2D eigenvalue weighted by Gasteiger charge is 2.25. The second kappa shape index (κ2) is 10.0. The van der Waals surface area contributed by atoms with Crippen molar-refractivity contribution in [3.05, 3.63) is 29.3 Å². The van der Waals surface area contributed by atoms with Crippen LogP contribution in [0.1, 0.15) is 37.2 Å². The first kappa shape index (κ1) is 20.8. The Kier molecular flexibility index (Phi) is 7.72. The number of benzene rings is 1. The van der Waals surface area contributed by atoms with Crippen LogP contribution in [0.3, 0.4) is 0 Å². The first-order valence-corrected chi connectivity index (χ1v) is 10.5. The van der Waals surface area contributed by atoms with Gasteiger partial charge in [-0.25, -0.2) is 8.78 Å². The highest BCUT2D eigenvalue weighted by molar-refractivity contribution is 7.97. The number of piperidine rings is 2. The van der Waals surface area contributed by atoms with Crippen LogP contribution < -0.4 is 10.1 Å². The van der Waals surface area contributed by atoms with E-state index < -0.39 is 17.7 Å². The van der Waals surface area contributed by atoms with Gasteiger partial charge in [-0.1, -0.05) is 11.9 Å². The lowest BCUT2D eigenvalue weighted by molar-refractivity contribution is 0.113. The number of nitrogens with one attached hydrogen (secondary N) is 1. The molecule has 2 fully saturated rings. The zero-order chi connectivity index (χ0) is 19.2. The Morgan fingerprint density at radius 3 is 2.37 bits per heavy atom. The van der Waals surface area contributed by atoms with E-state index in [9.17, 15) is 13.9 Å². The summed E-state index contributed by atoms with van der Waals surface area (Å²) in [6.07, 6.45) is 2.24. The quantitative estimate of drug-likeness (QED) is 0.608. The van der Waals surface area contributed by atoms with Gasteiger partial charge in [0.2, 0.25) is 0 Å². The smallest absolute Gasteiger partial charge is 0.191 e. The molecule has 1 aromatic rings. The first-order chi connectivity index (χ1) is 13.1. The molecule has 0 amide bonds. The molecule has 1 aromatic carbocycles. The number of ether oxygens (including phenoxy) is 1. The summed E-state index contributed by atoms with van der Waals surface area (Å²) in [4.78, 5) is 0. The van der Waals surface area contributed by atoms with Gasteiger partial charge in [-0.05, 0) is 62.4 Å². The molecule has 1 atom stereocenters. The van der Waals surface area contributed by atoms with E-state index >= 15 is 0 Å². The van der Waals surface area contributed by atoms with Crippen molar-refractivity contribution in [1.29, 1.82) is 0 Å². The predicted octanol–water partition coefficient (Wildman–Crippen LogP) is 2.28. The van der Waals surface area contributed by atoms with Crippen molar-refractivity contribution in [3.8, 4) is 5.75 Å². The van der Waals surface area contributed by atoms with Crippen LogP contribution in [-0.4, -0.2) is 65.3 Å². The van der Waals surface area contributed by atoms with E-state index in [2.05, 4.69) is 9.62 Å². The maximum Gasteiger partial charge on any atom is 0.191 e. The summed E-state index contributed by atoms with van der Waals surface area (Å²) in [5, 5.41) is 21.5. The Hall–Kier alpha value is -0.930. The SMILES string of the molecule is OCC(O)CSN1CCC(c2cc(F)c(OC3CCNCC3)c(F)c2)CC1. The van der Waals surface area contributed by atoms with Crippen LogP contribution in [-0.2, 0) is 0 Å². The van der Waals surface area contributed by atoms with Gasteiger partial charge in [-0.3, -0.25) is 4.31 Å². The van der Waals surface area contributed by atoms with Crippen molar-refractivity contribution >= 4 is 11.9 Å². The van der Waals surface area contributed by atoms with Gasteiger partial charge in [0.25, 0.3) is 0 Å². The van der Waals surface area contributed by atoms with Crippen molar-refractivity contribution in [1.82, 2.24) is 9.62 Å². The summed E-state index contributed by atoms with van der Waals surface area (Å²) >= 11 is 1.51. The molecule has 0 bridgehead atoms. The van der Waals surface area contributed by atoms with Crippen LogP contribution in [0.2, 0.25) is 0 Å². The van der Waals surface area contributed by atoms with Gasteiger partial charge in [0, 0.05) is 18.8 Å². The zero-order valence-electron chi connectivity index (χ0n) is 15.4. The molecule has 152 valence electrons. The fourth-order valence-electron chi connectivity index (χ4n) is 3.57. The third-order valence-electron chi connectivity index (χ3n) is 5.18. The van der Waals surface area contributed by atoms with Crippen molar-refractivity contribution in [2.75, 3.05) is 38.5 Å². The van der Waals surface area contributed by atoms with E-state index in [0.29, 0.717) is 11.3 Å². The summed E-state index contributed by atoms with van der Waals surface area (Å²) in [6.45, 7) is 2.93. The van der Waals surface area contributed by atoms with Crippen LogP contribution in [0.15, 0.2) is 12.1 Å². The van der Waals surface area contributed by atoms with E-state index in [0.717, 1.165) is 51.9 Å². The maximum atomic E-state index is 14.5. The first-order valence-electron chi connectivity index (χ1n) is 9.60. The van der Waals surface area contributed by atoms with Gasteiger partial charge >= 0.3 is 0 Å². The minimum absolute atomic E-state index is 0.113. The number of halogens is 2.